The summed E-state index contributed by atoms with van der Waals surface area (Å²) in [6.07, 6.45) is 4.42. The van der Waals surface area contributed by atoms with E-state index in [4.69, 9.17) is 9.15 Å². The van der Waals surface area contributed by atoms with Crippen molar-refractivity contribution in [2.24, 2.45) is 0 Å². The highest BCUT2D eigenvalue weighted by Crippen LogP contribution is 2.32. The molecule has 0 radical (unpaired) electrons. The standard InChI is InChI=1S/C16H26N2O3/c1-12(13-7-5-10-20-13)17-11-16(8-6-9-16)18-14(19)21-15(2,3)4/h5,7,10,12,17H,6,8-9,11H2,1-4H3,(H,18,19). The quantitative estimate of drug-likeness (QED) is 0.874. The van der Waals surface area contributed by atoms with Crippen molar-refractivity contribution >= 4 is 6.09 Å². The number of rotatable bonds is 5. The van der Waals surface area contributed by atoms with Gasteiger partial charge in [-0.05, 0) is 59.1 Å². The Morgan fingerprint density at radius 3 is 2.67 bits per heavy atom. The molecule has 1 aromatic rings. The Balaban J connectivity index is 1.85. The lowest BCUT2D eigenvalue weighted by atomic mass is 9.76. The van der Waals surface area contributed by atoms with Gasteiger partial charge in [0, 0.05) is 6.54 Å². The van der Waals surface area contributed by atoms with Crippen LogP contribution in [-0.2, 0) is 4.74 Å². The van der Waals surface area contributed by atoms with Gasteiger partial charge in [-0.15, -0.1) is 0 Å². The largest absolute Gasteiger partial charge is 0.468 e. The number of nitrogens with one attached hydrogen (secondary N) is 2. The molecule has 1 heterocycles. The number of hydrogen-bond acceptors (Lipinski definition) is 4. The fourth-order valence-electron chi connectivity index (χ4n) is 2.46. The van der Waals surface area contributed by atoms with E-state index in [0.717, 1.165) is 25.0 Å². The van der Waals surface area contributed by atoms with Crippen LogP contribution in [0.25, 0.3) is 0 Å². The molecule has 1 fully saturated rings. The zero-order valence-corrected chi connectivity index (χ0v) is 13.4. The summed E-state index contributed by atoms with van der Waals surface area (Å²) in [7, 11) is 0. The van der Waals surface area contributed by atoms with Gasteiger partial charge >= 0.3 is 6.09 Å². The van der Waals surface area contributed by atoms with Gasteiger partial charge in [0.1, 0.15) is 11.4 Å². The van der Waals surface area contributed by atoms with Crippen LogP contribution in [0.15, 0.2) is 22.8 Å². The van der Waals surface area contributed by atoms with Crippen LogP contribution in [0.2, 0.25) is 0 Å². The van der Waals surface area contributed by atoms with Gasteiger partial charge in [-0.25, -0.2) is 4.79 Å². The highest BCUT2D eigenvalue weighted by Gasteiger charge is 2.39. The maximum atomic E-state index is 12.0. The number of carbonyl (C=O) groups is 1. The van der Waals surface area contributed by atoms with Crippen LogP contribution in [0.4, 0.5) is 4.79 Å². The second kappa shape index (κ2) is 6.10. The van der Waals surface area contributed by atoms with Crippen molar-refractivity contribution in [2.45, 2.75) is 64.1 Å². The molecule has 0 spiro atoms. The molecule has 2 rings (SSSR count). The summed E-state index contributed by atoms with van der Waals surface area (Å²) in [5.74, 6) is 0.904. The van der Waals surface area contributed by atoms with Crippen LogP contribution in [-0.4, -0.2) is 23.8 Å². The molecule has 0 saturated heterocycles. The number of amides is 1. The molecule has 5 nitrogen and oxygen atoms in total. The van der Waals surface area contributed by atoms with Crippen LogP contribution in [0.3, 0.4) is 0 Å². The lowest BCUT2D eigenvalue weighted by molar-refractivity contribution is 0.0379. The van der Waals surface area contributed by atoms with Crippen molar-refractivity contribution in [2.75, 3.05) is 6.54 Å². The minimum absolute atomic E-state index is 0.123. The molecule has 1 amide bonds. The Bertz CT molecular complexity index is 458. The normalized spacial score (nSPS) is 18.7. The fraction of sp³-hybridized carbons (Fsp3) is 0.688. The van der Waals surface area contributed by atoms with Gasteiger partial charge in [-0.1, -0.05) is 0 Å². The van der Waals surface area contributed by atoms with E-state index in [9.17, 15) is 4.79 Å². The van der Waals surface area contributed by atoms with Gasteiger partial charge in [0.15, 0.2) is 0 Å². The minimum Gasteiger partial charge on any atom is -0.468 e. The van der Waals surface area contributed by atoms with Crippen LogP contribution in [0.5, 0.6) is 0 Å². The maximum absolute atomic E-state index is 12.0. The second-order valence-electron chi connectivity index (χ2n) is 6.88. The first-order valence-electron chi connectivity index (χ1n) is 7.58. The van der Waals surface area contributed by atoms with Crippen molar-refractivity contribution in [1.82, 2.24) is 10.6 Å². The Morgan fingerprint density at radius 2 is 2.19 bits per heavy atom. The van der Waals surface area contributed by atoms with E-state index in [0.29, 0.717) is 6.54 Å². The van der Waals surface area contributed by atoms with Crippen molar-refractivity contribution in [3.63, 3.8) is 0 Å². The van der Waals surface area contributed by atoms with Crippen molar-refractivity contribution in [1.29, 1.82) is 0 Å². The molecule has 0 aliphatic heterocycles. The van der Waals surface area contributed by atoms with E-state index < -0.39 is 5.60 Å². The first-order chi connectivity index (χ1) is 9.80. The van der Waals surface area contributed by atoms with E-state index in [2.05, 4.69) is 17.6 Å². The second-order valence-corrected chi connectivity index (χ2v) is 6.88. The zero-order chi connectivity index (χ0) is 15.5. The van der Waals surface area contributed by atoms with Gasteiger partial charge in [0.25, 0.3) is 0 Å². The Kier molecular flexibility index (Phi) is 4.61. The predicted octanol–water partition coefficient (Wildman–Crippen LogP) is 3.38. The lowest BCUT2D eigenvalue weighted by Gasteiger charge is -2.43. The molecular formula is C16H26N2O3. The van der Waals surface area contributed by atoms with Gasteiger partial charge in [0.05, 0.1) is 17.8 Å². The third-order valence-corrected chi connectivity index (χ3v) is 3.79. The average Bonchev–Trinajstić information content (AvgIpc) is 2.83. The first kappa shape index (κ1) is 15.9. The van der Waals surface area contributed by atoms with Gasteiger partial charge < -0.3 is 19.8 Å². The average molecular weight is 294 g/mol. The van der Waals surface area contributed by atoms with Crippen LogP contribution >= 0.6 is 0 Å². The van der Waals surface area contributed by atoms with Crippen LogP contribution in [0, 0.1) is 0 Å². The van der Waals surface area contributed by atoms with E-state index in [1.165, 1.54) is 0 Å². The summed E-state index contributed by atoms with van der Waals surface area (Å²) in [4.78, 5) is 12.0. The number of ether oxygens (including phenoxy) is 1. The molecule has 0 bridgehead atoms. The summed E-state index contributed by atoms with van der Waals surface area (Å²) < 4.78 is 10.7. The molecule has 2 N–H and O–H groups in total. The molecule has 21 heavy (non-hydrogen) atoms. The summed E-state index contributed by atoms with van der Waals surface area (Å²) in [5, 5.41) is 6.46. The fourth-order valence-corrected chi connectivity index (χ4v) is 2.46. The highest BCUT2D eigenvalue weighted by molar-refractivity contribution is 5.69. The highest BCUT2D eigenvalue weighted by atomic mass is 16.6. The molecule has 5 heteroatoms. The summed E-state index contributed by atoms with van der Waals surface area (Å²) in [6, 6.07) is 3.95. The topological polar surface area (TPSA) is 63.5 Å². The molecule has 118 valence electrons. The molecule has 1 aromatic heterocycles. The summed E-state index contributed by atoms with van der Waals surface area (Å²) in [5.41, 5.74) is -0.660. The Hall–Kier alpha value is -1.49. The van der Waals surface area contributed by atoms with Gasteiger partial charge in [-0.3, -0.25) is 0 Å². The zero-order valence-electron chi connectivity index (χ0n) is 13.4. The molecule has 1 aliphatic carbocycles. The smallest absolute Gasteiger partial charge is 0.408 e. The molecule has 1 aliphatic rings. The van der Waals surface area contributed by atoms with E-state index in [1.807, 2.05) is 32.9 Å². The number of furan rings is 1. The number of alkyl carbamates (subject to hydrolysis) is 1. The van der Waals surface area contributed by atoms with Gasteiger partial charge in [0.2, 0.25) is 0 Å². The third-order valence-electron chi connectivity index (χ3n) is 3.79. The maximum Gasteiger partial charge on any atom is 0.408 e. The van der Waals surface area contributed by atoms with E-state index in [-0.39, 0.29) is 17.7 Å². The molecular weight excluding hydrogens is 268 g/mol. The van der Waals surface area contributed by atoms with Crippen molar-refractivity contribution in [3.8, 4) is 0 Å². The Labute approximate surface area is 126 Å². The minimum atomic E-state index is -0.468. The number of hydrogen-bond donors (Lipinski definition) is 2. The van der Waals surface area contributed by atoms with Crippen LogP contribution in [0.1, 0.15) is 58.8 Å². The molecule has 1 unspecified atom stereocenters. The van der Waals surface area contributed by atoms with Gasteiger partial charge in [-0.2, -0.15) is 0 Å². The van der Waals surface area contributed by atoms with E-state index in [1.54, 1.807) is 6.26 Å². The lowest BCUT2D eigenvalue weighted by Crippen LogP contribution is -2.60. The van der Waals surface area contributed by atoms with Crippen molar-refractivity contribution in [3.05, 3.63) is 24.2 Å². The summed E-state index contributed by atoms with van der Waals surface area (Å²) >= 11 is 0. The summed E-state index contributed by atoms with van der Waals surface area (Å²) in [6.45, 7) is 8.39. The predicted molar refractivity (Wildman–Crippen MR) is 81.1 cm³/mol. The molecule has 1 saturated carbocycles. The monoisotopic (exact) mass is 294 g/mol. The Morgan fingerprint density at radius 1 is 1.48 bits per heavy atom. The molecule has 0 aromatic carbocycles. The SMILES string of the molecule is CC(NCC1(NC(=O)OC(C)(C)C)CCC1)c1ccco1. The van der Waals surface area contributed by atoms with E-state index >= 15 is 0 Å². The van der Waals surface area contributed by atoms with Crippen molar-refractivity contribution < 1.29 is 13.9 Å². The first-order valence-corrected chi connectivity index (χ1v) is 7.58. The van der Waals surface area contributed by atoms with Crippen LogP contribution < -0.4 is 10.6 Å². The molecule has 1 atom stereocenters. The third kappa shape index (κ3) is 4.49. The number of carbonyl (C=O) groups excluding carboxylic acids is 1.